The molecule has 18 heavy (non-hydrogen) atoms. The molecule has 1 aromatic carbocycles. The van der Waals surface area contributed by atoms with E-state index in [0.29, 0.717) is 6.42 Å². The van der Waals surface area contributed by atoms with Crippen molar-refractivity contribution in [2.24, 2.45) is 5.41 Å². The van der Waals surface area contributed by atoms with Crippen molar-refractivity contribution in [3.63, 3.8) is 0 Å². The van der Waals surface area contributed by atoms with Gasteiger partial charge in [-0.15, -0.1) is 0 Å². The van der Waals surface area contributed by atoms with E-state index >= 15 is 0 Å². The van der Waals surface area contributed by atoms with E-state index in [1.165, 1.54) is 7.11 Å². The van der Waals surface area contributed by atoms with Crippen LogP contribution in [0.4, 0.5) is 0 Å². The minimum Gasteiger partial charge on any atom is -0.469 e. The summed E-state index contributed by atoms with van der Waals surface area (Å²) in [6, 6.07) is 5.71. The largest absolute Gasteiger partial charge is 0.469 e. The Morgan fingerprint density at radius 3 is 2.72 bits per heavy atom. The van der Waals surface area contributed by atoms with Crippen molar-refractivity contribution in [2.75, 3.05) is 7.11 Å². The zero-order chi connectivity index (χ0) is 12.8. The predicted octanol–water partition coefficient (Wildman–Crippen LogP) is 1.35. The number of esters is 1. The lowest BCUT2D eigenvalue weighted by atomic mass is 9.96. The van der Waals surface area contributed by atoms with Crippen molar-refractivity contribution in [3.05, 3.63) is 34.2 Å². The summed E-state index contributed by atoms with van der Waals surface area (Å²) in [5.74, 6) is -0.134. The molecule has 1 aliphatic rings. The van der Waals surface area contributed by atoms with Crippen molar-refractivity contribution in [3.8, 4) is 0 Å². The second-order valence-corrected chi connectivity index (χ2v) is 4.91. The zero-order valence-electron chi connectivity index (χ0n) is 10.1. The Kier molecular flexibility index (Phi) is 2.29. The molecule has 1 aliphatic carbocycles. The van der Waals surface area contributed by atoms with Gasteiger partial charge in [-0.1, -0.05) is 6.07 Å². The Morgan fingerprint density at radius 1 is 1.33 bits per heavy atom. The third kappa shape index (κ3) is 1.72. The van der Waals surface area contributed by atoms with Crippen LogP contribution in [0.25, 0.3) is 11.0 Å². The third-order valence-electron chi connectivity index (χ3n) is 3.59. The van der Waals surface area contributed by atoms with Gasteiger partial charge in [-0.05, 0) is 37.0 Å². The van der Waals surface area contributed by atoms with E-state index in [4.69, 9.17) is 4.74 Å². The molecule has 3 rings (SSSR count). The molecule has 0 unspecified atom stereocenters. The van der Waals surface area contributed by atoms with Crippen LogP contribution in [0, 0.1) is 5.41 Å². The van der Waals surface area contributed by atoms with Gasteiger partial charge in [0.1, 0.15) is 0 Å². The summed E-state index contributed by atoms with van der Waals surface area (Å²) in [4.78, 5) is 28.3. The Bertz CT molecular complexity index is 664. The standard InChI is InChI=1S/C13H14N2O3/c1-18-11(16)13(4-5-13)7-8-2-3-9-10(6-8)15-12(17)14-9/h2-3,6H,4-5,7H2,1H3,(H2,14,15,17). The van der Waals surface area contributed by atoms with Gasteiger partial charge in [0.15, 0.2) is 0 Å². The zero-order valence-corrected chi connectivity index (χ0v) is 10.1. The Balaban J connectivity index is 1.91. The second kappa shape index (κ2) is 3.73. The van der Waals surface area contributed by atoms with Crippen molar-refractivity contribution < 1.29 is 9.53 Å². The number of hydrogen-bond acceptors (Lipinski definition) is 3. The quantitative estimate of drug-likeness (QED) is 0.803. The molecule has 0 spiro atoms. The number of fused-ring (bicyclic) bond motifs is 1. The fourth-order valence-electron chi connectivity index (χ4n) is 2.40. The molecule has 5 heteroatoms. The van der Waals surface area contributed by atoms with Gasteiger partial charge in [-0.2, -0.15) is 0 Å². The number of aromatic nitrogens is 2. The van der Waals surface area contributed by atoms with Crippen LogP contribution in [0.2, 0.25) is 0 Å². The van der Waals surface area contributed by atoms with Crippen molar-refractivity contribution in [1.82, 2.24) is 9.97 Å². The van der Waals surface area contributed by atoms with Gasteiger partial charge in [0, 0.05) is 0 Å². The molecule has 5 nitrogen and oxygen atoms in total. The number of benzene rings is 1. The number of rotatable bonds is 3. The molecule has 0 amide bonds. The molecule has 1 heterocycles. The minimum absolute atomic E-state index is 0.134. The molecular formula is C13H14N2O3. The van der Waals surface area contributed by atoms with Crippen LogP contribution >= 0.6 is 0 Å². The van der Waals surface area contributed by atoms with Crippen molar-refractivity contribution in [2.45, 2.75) is 19.3 Å². The highest BCUT2D eigenvalue weighted by atomic mass is 16.5. The molecule has 2 aromatic rings. The minimum atomic E-state index is -0.334. The number of carbonyl (C=O) groups is 1. The summed E-state index contributed by atoms with van der Waals surface area (Å²) >= 11 is 0. The van der Waals surface area contributed by atoms with Crippen molar-refractivity contribution >= 4 is 17.0 Å². The molecule has 1 saturated carbocycles. The van der Waals surface area contributed by atoms with E-state index in [-0.39, 0.29) is 17.1 Å². The summed E-state index contributed by atoms with van der Waals surface area (Å²) in [5, 5.41) is 0. The summed E-state index contributed by atoms with van der Waals surface area (Å²) in [5.41, 5.74) is 2.06. The molecule has 0 aliphatic heterocycles. The van der Waals surface area contributed by atoms with Gasteiger partial charge < -0.3 is 14.7 Å². The average molecular weight is 246 g/mol. The topological polar surface area (TPSA) is 75.0 Å². The van der Waals surface area contributed by atoms with E-state index in [9.17, 15) is 9.59 Å². The number of nitrogens with one attached hydrogen (secondary N) is 2. The van der Waals surface area contributed by atoms with Gasteiger partial charge in [-0.3, -0.25) is 4.79 Å². The first-order valence-corrected chi connectivity index (χ1v) is 5.92. The van der Waals surface area contributed by atoms with Gasteiger partial charge in [-0.25, -0.2) is 4.79 Å². The maximum absolute atomic E-state index is 11.7. The SMILES string of the molecule is COC(=O)C1(Cc2ccc3[nH]c(=O)[nH]c3c2)CC1. The van der Waals surface area contributed by atoms with E-state index in [1.54, 1.807) is 0 Å². The molecule has 0 bridgehead atoms. The third-order valence-corrected chi connectivity index (χ3v) is 3.59. The van der Waals surface area contributed by atoms with Gasteiger partial charge >= 0.3 is 11.7 Å². The summed E-state index contributed by atoms with van der Waals surface area (Å²) in [6.07, 6.45) is 2.42. The van der Waals surface area contributed by atoms with Crippen LogP contribution in [-0.2, 0) is 16.0 Å². The Labute approximate surface area is 103 Å². The molecule has 2 N–H and O–H groups in total. The first-order valence-electron chi connectivity index (χ1n) is 5.92. The maximum Gasteiger partial charge on any atom is 0.323 e. The maximum atomic E-state index is 11.7. The number of ether oxygens (including phenoxy) is 1. The second-order valence-electron chi connectivity index (χ2n) is 4.91. The first-order chi connectivity index (χ1) is 8.63. The van der Waals surface area contributed by atoms with Crippen LogP contribution < -0.4 is 5.69 Å². The number of methoxy groups -OCH3 is 1. The fourth-order valence-corrected chi connectivity index (χ4v) is 2.40. The van der Waals surface area contributed by atoms with Crippen LogP contribution in [0.15, 0.2) is 23.0 Å². The van der Waals surface area contributed by atoms with Gasteiger partial charge in [0.2, 0.25) is 0 Å². The highest BCUT2D eigenvalue weighted by Crippen LogP contribution is 2.49. The lowest BCUT2D eigenvalue weighted by Crippen LogP contribution is -2.19. The average Bonchev–Trinajstić information content (AvgIpc) is 3.03. The highest BCUT2D eigenvalue weighted by Gasteiger charge is 2.50. The van der Waals surface area contributed by atoms with E-state index in [0.717, 1.165) is 29.4 Å². The number of hydrogen-bond donors (Lipinski definition) is 2. The van der Waals surface area contributed by atoms with Crippen LogP contribution in [-0.4, -0.2) is 23.0 Å². The van der Waals surface area contributed by atoms with Crippen LogP contribution in [0.5, 0.6) is 0 Å². The fraction of sp³-hybridized carbons (Fsp3) is 0.385. The van der Waals surface area contributed by atoms with E-state index in [1.807, 2.05) is 18.2 Å². The molecule has 94 valence electrons. The molecule has 0 saturated heterocycles. The Morgan fingerprint density at radius 2 is 2.06 bits per heavy atom. The lowest BCUT2D eigenvalue weighted by molar-refractivity contribution is -0.147. The van der Waals surface area contributed by atoms with E-state index in [2.05, 4.69) is 9.97 Å². The number of H-pyrrole nitrogens is 2. The van der Waals surface area contributed by atoms with Crippen LogP contribution in [0.3, 0.4) is 0 Å². The van der Waals surface area contributed by atoms with E-state index < -0.39 is 0 Å². The molecule has 1 fully saturated rings. The Hall–Kier alpha value is -2.04. The predicted molar refractivity (Wildman–Crippen MR) is 66.3 cm³/mol. The smallest absolute Gasteiger partial charge is 0.323 e. The summed E-state index contributed by atoms with van der Waals surface area (Å²) in [7, 11) is 1.43. The normalized spacial score (nSPS) is 16.7. The first kappa shape index (κ1) is 11.1. The number of imidazole rings is 1. The summed E-state index contributed by atoms with van der Waals surface area (Å²) in [6.45, 7) is 0. The van der Waals surface area contributed by atoms with Crippen LogP contribution in [0.1, 0.15) is 18.4 Å². The summed E-state index contributed by atoms with van der Waals surface area (Å²) < 4.78 is 4.84. The number of aromatic amines is 2. The molecular weight excluding hydrogens is 232 g/mol. The molecule has 0 atom stereocenters. The lowest BCUT2D eigenvalue weighted by Gasteiger charge is -2.12. The van der Waals surface area contributed by atoms with Crippen molar-refractivity contribution in [1.29, 1.82) is 0 Å². The monoisotopic (exact) mass is 246 g/mol. The highest BCUT2D eigenvalue weighted by molar-refractivity contribution is 5.81. The molecule has 0 radical (unpaired) electrons. The number of carbonyl (C=O) groups excluding carboxylic acids is 1. The molecule has 1 aromatic heterocycles. The van der Waals surface area contributed by atoms with Gasteiger partial charge in [0.05, 0.1) is 23.6 Å². The van der Waals surface area contributed by atoms with Gasteiger partial charge in [0.25, 0.3) is 0 Å².